The number of hydrogen-bond acceptors (Lipinski definition) is 2. The Balaban J connectivity index is 2.08. The van der Waals surface area contributed by atoms with E-state index in [9.17, 15) is 4.39 Å². The zero-order valence-corrected chi connectivity index (χ0v) is 12.9. The van der Waals surface area contributed by atoms with Gasteiger partial charge in [0.15, 0.2) is 0 Å². The van der Waals surface area contributed by atoms with E-state index >= 15 is 0 Å². The van der Waals surface area contributed by atoms with E-state index in [1.54, 1.807) is 0 Å². The van der Waals surface area contributed by atoms with Crippen LogP contribution in [-0.4, -0.2) is 23.0 Å². The maximum atomic E-state index is 13.3. The predicted molar refractivity (Wildman–Crippen MR) is 85.2 cm³/mol. The molecule has 1 fully saturated rings. The van der Waals surface area contributed by atoms with Crippen LogP contribution in [-0.2, 0) is 6.54 Å². The van der Waals surface area contributed by atoms with Crippen LogP contribution in [0.3, 0.4) is 0 Å². The van der Waals surface area contributed by atoms with Gasteiger partial charge in [0.05, 0.1) is 0 Å². The van der Waals surface area contributed by atoms with E-state index in [1.165, 1.54) is 37.8 Å². The number of likely N-dealkylation sites (tertiary alicyclic amines) is 1. The third-order valence-electron chi connectivity index (χ3n) is 4.25. The van der Waals surface area contributed by atoms with Crippen LogP contribution in [0.5, 0.6) is 0 Å². The highest BCUT2D eigenvalue weighted by molar-refractivity contribution is 7.80. The first-order chi connectivity index (χ1) is 9.60. The summed E-state index contributed by atoms with van der Waals surface area (Å²) in [7, 11) is 0. The lowest BCUT2D eigenvalue weighted by molar-refractivity contribution is 0.272. The quantitative estimate of drug-likeness (QED) is 0.862. The molecule has 4 heteroatoms. The van der Waals surface area contributed by atoms with Gasteiger partial charge in [0.2, 0.25) is 0 Å². The van der Waals surface area contributed by atoms with Crippen LogP contribution >= 0.6 is 12.2 Å². The van der Waals surface area contributed by atoms with Crippen molar-refractivity contribution in [3.8, 4) is 0 Å². The number of nitrogens with two attached hydrogens (primary N) is 1. The molecule has 20 heavy (non-hydrogen) atoms. The predicted octanol–water partition coefficient (Wildman–Crippen LogP) is 3.47. The van der Waals surface area contributed by atoms with E-state index in [2.05, 4.69) is 11.8 Å². The molecule has 0 saturated carbocycles. The number of thiocarbonyl (C=S) groups is 1. The lowest BCUT2D eigenvalue weighted by Gasteiger charge is -2.21. The van der Waals surface area contributed by atoms with Gasteiger partial charge in [-0.2, -0.15) is 0 Å². The van der Waals surface area contributed by atoms with Gasteiger partial charge in [-0.25, -0.2) is 4.39 Å². The van der Waals surface area contributed by atoms with Gasteiger partial charge in [0.25, 0.3) is 0 Å². The lowest BCUT2D eigenvalue weighted by Crippen LogP contribution is -2.26. The number of nitrogens with zero attached hydrogens (tertiary/aromatic N) is 1. The van der Waals surface area contributed by atoms with E-state index in [4.69, 9.17) is 18.0 Å². The van der Waals surface area contributed by atoms with E-state index < -0.39 is 0 Å². The highest BCUT2D eigenvalue weighted by atomic mass is 32.1. The van der Waals surface area contributed by atoms with Gasteiger partial charge >= 0.3 is 0 Å². The number of benzene rings is 1. The lowest BCUT2D eigenvalue weighted by atomic mass is 9.98. The average Bonchev–Trinajstić information content (AvgIpc) is 2.65. The van der Waals surface area contributed by atoms with E-state index in [-0.39, 0.29) is 10.8 Å². The number of hydrogen-bond donors (Lipinski definition) is 1. The van der Waals surface area contributed by atoms with Crippen LogP contribution in [0.2, 0.25) is 0 Å². The first-order valence-electron chi connectivity index (χ1n) is 7.40. The van der Waals surface area contributed by atoms with Gasteiger partial charge in [0, 0.05) is 12.1 Å². The summed E-state index contributed by atoms with van der Waals surface area (Å²) in [5, 5.41) is 0. The molecule has 1 aromatic carbocycles. The van der Waals surface area contributed by atoms with Crippen molar-refractivity contribution in [2.75, 3.05) is 13.1 Å². The molecule has 0 radical (unpaired) electrons. The second kappa shape index (κ2) is 7.14. The van der Waals surface area contributed by atoms with Crippen LogP contribution in [0.15, 0.2) is 18.2 Å². The molecule has 1 heterocycles. The second-order valence-corrected chi connectivity index (χ2v) is 6.09. The van der Waals surface area contributed by atoms with Gasteiger partial charge in [-0.3, -0.25) is 4.90 Å². The van der Waals surface area contributed by atoms with Crippen molar-refractivity contribution >= 4 is 17.2 Å². The third kappa shape index (κ3) is 4.00. The minimum absolute atomic E-state index is 0.278. The summed E-state index contributed by atoms with van der Waals surface area (Å²) in [6.07, 6.45) is 5.07. The highest BCUT2D eigenvalue weighted by Crippen LogP contribution is 2.22. The van der Waals surface area contributed by atoms with Crippen LogP contribution in [0.25, 0.3) is 0 Å². The smallest absolute Gasteiger partial charge is 0.123 e. The summed E-state index contributed by atoms with van der Waals surface area (Å²) in [5.74, 6) is 0.571. The van der Waals surface area contributed by atoms with Crippen molar-refractivity contribution in [2.45, 2.75) is 39.2 Å². The molecule has 110 valence electrons. The van der Waals surface area contributed by atoms with Crippen molar-refractivity contribution in [1.82, 2.24) is 4.90 Å². The van der Waals surface area contributed by atoms with Crippen molar-refractivity contribution in [2.24, 2.45) is 11.7 Å². The molecule has 0 aromatic heterocycles. The highest BCUT2D eigenvalue weighted by Gasteiger charge is 2.17. The molecule has 0 bridgehead atoms. The molecule has 2 rings (SSSR count). The molecule has 0 spiro atoms. The normalized spacial score (nSPS) is 20.6. The molecule has 2 N–H and O–H groups in total. The third-order valence-corrected chi connectivity index (χ3v) is 4.47. The molecule has 2 nitrogen and oxygen atoms in total. The van der Waals surface area contributed by atoms with Gasteiger partial charge in [-0.05, 0) is 56.0 Å². The Morgan fingerprint density at radius 1 is 1.40 bits per heavy atom. The summed E-state index contributed by atoms with van der Waals surface area (Å²) in [6.45, 7) is 5.28. The summed E-state index contributed by atoms with van der Waals surface area (Å²) in [4.78, 5) is 2.71. The molecule has 1 saturated heterocycles. The van der Waals surface area contributed by atoms with E-state index in [0.717, 1.165) is 31.1 Å². The van der Waals surface area contributed by atoms with Gasteiger partial charge in [-0.15, -0.1) is 0 Å². The maximum absolute atomic E-state index is 13.3. The topological polar surface area (TPSA) is 29.3 Å². The fraction of sp³-hybridized carbons (Fsp3) is 0.562. The molecule has 1 unspecified atom stereocenters. The number of rotatable bonds is 4. The fourth-order valence-corrected chi connectivity index (χ4v) is 3.14. The molecule has 1 aliphatic rings. The summed E-state index contributed by atoms with van der Waals surface area (Å²) in [5.41, 5.74) is 7.42. The van der Waals surface area contributed by atoms with Gasteiger partial charge in [0.1, 0.15) is 10.8 Å². The van der Waals surface area contributed by atoms with Crippen molar-refractivity contribution in [3.63, 3.8) is 0 Å². The van der Waals surface area contributed by atoms with Crippen LogP contribution in [0.1, 0.15) is 43.7 Å². The van der Waals surface area contributed by atoms with Crippen molar-refractivity contribution in [1.29, 1.82) is 0 Å². The summed E-state index contributed by atoms with van der Waals surface area (Å²) < 4.78 is 13.3. The van der Waals surface area contributed by atoms with Crippen molar-refractivity contribution < 1.29 is 4.39 Å². The first kappa shape index (κ1) is 15.4. The standard InChI is InChI=1S/C16H23FN2S/c1-2-12-4-3-8-19(9-7-12)11-13-5-6-14(17)10-15(13)16(18)20/h5-6,10,12H,2-4,7-9,11H2,1H3,(H2,18,20). The minimum atomic E-state index is -0.279. The monoisotopic (exact) mass is 294 g/mol. The minimum Gasteiger partial charge on any atom is -0.389 e. The van der Waals surface area contributed by atoms with E-state index in [0.29, 0.717) is 5.56 Å². The van der Waals surface area contributed by atoms with Crippen LogP contribution < -0.4 is 5.73 Å². The molecule has 1 aromatic rings. The van der Waals surface area contributed by atoms with Crippen molar-refractivity contribution in [3.05, 3.63) is 35.1 Å². The first-order valence-corrected chi connectivity index (χ1v) is 7.81. The molecule has 1 atom stereocenters. The molecular formula is C16H23FN2S. The van der Waals surface area contributed by atoms with Gasteiger partial charge < -0.3 is 5.73 Å². The Morgan fingerprint density at radius 3 is 2.90 bits per heavy atom. The molecule has 0 amide bonds. The largest absolute Gasteiger partial charge is 0.389 e. The Bertz CT molecular complexity index is 476. The Labute approximate surface area is 126 Å². The van der Waals surface area contributed by atoms with Crippen LogP contribution in [0.4, 0.5) is 4.39 Å². The fourth-order valence-electron chi connectivity index (χ4n) is 2.95. The molecule has 1 aliphatic heterocycles. The molecule has 0 aliphatic carbocycles. The Kier molecular flexibility index (Phi) is 5.49. The van der Waals surface area contributed by atoms with E-state index in [1.807, 2.05) is 6.07 Å². The Hall–Kier alpha value is -1.00. The summed E-state index contributed by atoms with van der Waals surface area (Å²) in [6, 6.07) is 4.75. The SMILES string of the molecule is CCC1CCCN(Cc2ccc(F)cc2C(N)=S)CC1. The zero-order chi connectivity index (χ0) is 14.5. The summed E-state index contributed by atoms with van der Waals surface area (Å²) >= 11 is 5.03. The maximum Gasteiger partial charge on any atom is 0.123 e. The van der Waals surface area contributed by atoms with Crippen LogP contribution in [0, 0.1) is 11.7 Å². The number of halogens is 1. The Morgan fingerprint density at radius 2 is 2.20 bits per heavy atom. The second-order valence-electron chi connectivity index (χ2n) is 5.65. The average molecular weight is 294 g/mol. The zero-order valence-electron chi connectivity index (χ0n) is 12.1. The van der Waals surface area contributed by atoms with Gasteiger partial charge in [-0.1, -0.05) is 31.6 Å². The molecular weight excluding hydrogens is 271 g/mol.